The first-order valence-corrected chi connectivity index (χ1v) is 7.87. The summed E-state index contributed by atoms with van der Waals surface area (Å²) >= 11 is 0. The van der Waals surface area contributed by atoms with Gasteiger partial charge in [-0.15, -0.1) is 5.10 Å². The van der Waals surface area contributed by atoms with Gasteiger partial charge in [-0.05, 0) is 43.3 Å². The van der Waals surface area contributed by atoms with Gasteiger partial charge >= 0.3 is 0 Å². The lowest BCUT2D eigenvalue weighted by molar-refractivity contribution is 0.102. The van der Waals surface area contributed by atoms with E-state index in [0.717, 1.165) is 16.6 Å². The summed E-state index contributed by atoms with van der Waals surface area (Å²) in [4.78, 5) is 18.4. The van der Waals surface area contributed by atoms with Gasteiger partial charge in [-0.1, -0.05) is 24.3 Å². The van der Waals surface area contributed by atoms with Crippen LogP contribution in [0, 0.1) is 6.92 Å². The lowest BCUT2D eigenvalue weighted by Gasteiger charge is -2.07. The van der Waals surface area contributed by atoms with E-state index in [4.69, 9.17) is 0 Å². The van der Waals surface area contributed by atoms with Crippen LogP contribution < -0.4 is 5.32 Å². The van der Waals surface area contributed by atoms with Crippen LogP contribution in [0.25, 0.3) is 16.6 Å². The Morgan fingerprint density at radius 2 is 1.80 bits per heavy atom. The van der Waals surface area contributed by atoms with E-state index in [-0.39, 0.29) is 5.91 Å². The molecule has 6 nitrogen and oxygen atoms in total. The maximum absolute atomic E-state index is 12.7. The Labute approximate surface area is 144 Å². The van der Waals surface area contributed by atoms with E-state index in [2.05, 4.69) is 20.5 Å². The van der Waals surface area contributed by atoms with Crippen molar-refractivity contribution in [3.8, 4) is 5.69 Å². The second-order valence-electron chi connectivity index (χ2n) is 5.59. The number of rotatable bonds is 3. The summed E-state index contributed by atoms with van der Waals surface area (Å²) in [6.07, 6.45) is 1.73. The van der Waals surface area contributed by atoms with Gasteiger partial charge < -0.3 is 5.32 Å². The molecule has 4 aromatic rings. The van der Waals surface area contributed by atoms with Crippen LogP contribution in [0.1, 0.15) is 16.2 Å². The van der Waals surface area contributed by atoms with E-state index >= 15 is 0 Å². The number of para-hydroxylation sites is 1. The second kappa shape index (κ2) is 6.16. The maximum Gasteiger partial charge on any atom is 0.278 e. The normalized spacial score (nSPS) is 10.8. The highest BCUT2D eigenvalue weighted by molar-refractivity contribution is 6.08. The molecule has 6 heteroatoms. The third-order valence-electron chi connectivity index (χ3n) is 3.88. The molecule has 0 radical (unpaired) electrons. The minimum atomic E-state index is -0.295. The highest BCUT2D eigenvalue weighted by Gasteiger charge is 2.17. The van der Waals surface area contributed by atoms with Gasteiger partial charge in [0.25, 0.3) is 5.91 Å². The van der Waals surface area contributed by atoms with Crippen molar-refractivity contribution >= 4 is 22.5 Å². The number of fused-ring (bicyclic) bond motifs is 1. The number of hydrogen-bond donors (Lipinski definition) is 1. The summed E-state index contributed by atoms with van der Waals surface area (Å²) < 4.78 is 0. The minimum absolute atomic E-state index is 0.295. The fourth-order valence-corrected chi connectivity index (χ4v) is 2.66. The molecular formula is C19H15N5O. The number of hydrogen-bond acceptors (Lipinski definition) is 4. The van der Waals surface area contributed by atoms with Crippen LogP contribution in [-0.2, 0) is 0 Å². The van der Waals surface area contributed by atoms with Crippen molar-refractivity contribution < 1.29 is 4.79 Å². The molecule has 0 aliphatic rings. The minimum Gasteiger partial charge on any atom is -0.320 e. The van der Waals surface area contributed by atoms with Crippen molar-refractivity contribution in [3.63, 3.8) is 0 Å². The fourth-order valence-electron chi connectivity index (χ4n) is 2.66. The van der Waals surface area contributed by atoms with Crippen LogP contribution in [0.3, 0.4) is 0 Å². The predicted octanol–water partition coefficient (Wildman–Crippen LogP) is 3.38. The Kier molecular flexibility index (Phi) is 3.70. The first-order chi connectivity index (χ1) is 12.2. The summed E-state index contributed by atoms with van der Waals surface area (Å²) in [5, 5.41) is 12.5. The topological polar surface area (TPSA) is 72.7 Å². The highest BCUT2D eigenvalue weighted by atomic mass is 16.2. The van der Waals surface area contributed by atoms with Crippen molar-refractivity contribution in [1.82, 2.24) is 20.0 Å². The maximum atomic E-state index is 12.7. The monoisotopic (exact) mass is 329 g/mol. The van der Waals surface area contributed by atoms with Gasteiger partial charge in [-0.25, -0.2) is 0 Å². The molecule has 2 heterocycles. The molecule has 0 bridgehead atoms. The van der Waals surface area contributed by atoms with Gasteiger partial charge in [-0.2, -0.15) is 9.90 Å². The smallest absolute Gasteiger partial charge is 0.278 e. The quantitative estimate of drug-likeness (QED) is 0.625. The third kappa shape index (κ3) is 2.85. The van der Waals surface area contributed by atoms with E-state index in [9.17, 15) is 4.79 Å². The average molecular weight is 329 g/mol. The molecule has 0 spiro atoms. The molecule has 0 saturated heterocycles. The fraction of sp³-hybridized carbons (Fsp3) is 0.0526. The number of aromatic nitrogens is 4. The average Bonchev–Trinajstić information content (AvgIpc) is 3.05. The Balaban J connectivity index is 1.66. The Morgan fingerprint density at radius 1 is 0.960 bits per heavy atom. The molecule has 0 aliphatic heterocycles. The number of nitrogens with zero attached hydrogens (tertiary/aromatic N) is 4. The molecule has 0 fully saturated rings. The number of anilines is 1. The molecular weight excluding hydrogens is 314 g/mol. The zero-order chi connectivity index (χ0) is 17.2. The molecule has 2 aromatic heterocycles. The SMILES string of the molecule is Cc1nn(-c2ccccc2)nc1C(=O)Nc1cccc2ncccc12. The Morgan fingerprint density at radius 3 is 2.64 bits per heavy atom. The standard InChI is InChI=1S/C19H15N5O/c1-13-18(23-24(22-13)14-7-3-2-4-8-14)19(25)21-17-11-5-10-16-15(17)9-6-12-20-16/h2-12H,1H3,(H,21,25). The number of benzene rings is 2. The molecule has 1 amide bonds. The van der Waals surface area contributed by atoms with E-state index in [1.54, 1.807) is 13.1 Å². The number of carbonyl (C=O) groups is 1. The molecule has 2 aromatic carbocycles. The summed E-state index contributed by atoms with van der Waals surface area (Å²) in [6.45, 7) is 1.77. The van der Waals surface area contributed by atoms with E-state index in [1.165, 1.54) is 4.80 Å². The Bertz CT molecular complexity index is 1050. The van der Waals surface area contributed by atoms with Gasteiger partial charge in [0.15, 0.2) is 5.69 Å². The predicted molar refractivity (Wildman–Crippen MR) is 95.8 cm³/mol. The molecule has 0 aliphatic carbocycles. The zero-order valence-corrected chi connectivity index (χ0v) is 13.5. The summed E-state index contributed by atoms with van der Waals surface area (Å²) in [5.74, 6) is -0.295. The van der Waals surface area contributed by atoms with Gasteiger partial charge in [0.1, 0.15) is 0 Å². The van der Waals surface area contributed by atoms with Crippen LogP contribution >= 0.6 is 0 Å². The van der Waals surface area contributed by atoms with Gasteiger partial charge in [-0.3, -0.25) is 9.78 Å². The lowest BCUT2D eigenvalue weighted by Crippen LogP contribution is -2.14. The number of nitrogens with one attached hydrogen (secondary N) is 1. The molecule has 1 N–H and O–H groups in total. The van der Waals surface area contributed by atoms with Crippen LogP contribution in [-0.4, -0.2) is 25.9 Å². The molecule has 0 atom stereocenters. The number of pyridine rings is 1. The van der Waals surface area contributed by atoms with E-state index in [0.29, 0.717) is 17.1 Å². The molecule has 0 unspecified atom stereocenters. The van der Waals surface area contributed by atoms with Crippen LogP contribution in [0.15, 0.2) is 66.9 Å². The van der Waals surface area contributed by atoms with Gasteiger partial charge in [0.05, 0.1) is 22.6 Å². The van der Waals surface area contributed by atoms with Crippen LogP contribution in [0.4, 0.5) is 5.69 Å². The zero-order valence-electron chi connectivity index (χ0n) is 13.5. The summed E-state index contributed by atoms with van der Waals surface area (Å²) in [7, 11) is 0. The molecule has 122 valence electrons. The van der Waals surface area contributed by atoms with Crippen molar-refractivity contribution in [2.75, 3.05) is 5.32 Å². The highest BCUT2D eigenvalue weighted by Crippen LogP contribution is 2.22. The second-order valence-corrected chi connectivity index (χ2v) is 5.59. The Hall–Kier alpha value is -3.54. The van der Waals surface area contributed by atoms with Crippen molar-refractivity contribution in [3.05, 3.63) is 78.2 Å². The molecule has 25 heavy (non-hydrogen) atoms. The number of amides is 1. The van der Waals surface area contributed by atoms with Gasteiger partial charge in [0.2, 0.25) is 0 Å². The first-order valence-electron chi connectivity index (χ1n) is 7.87. The van der Waals surface area contributed by atoms with E-state index in [1.807, 2.05) is 60.7 Å². The van der Waals surface area contributed by atoms with Crippen LogP contribution in [0.5, 0.6) is 0 Å². The van der Waals surface area contributed by atoms with E-state index < -0.39 is 0 Å². The largest absolute Gasteiger partial charge is 0.320 e. The molecule has 0 saturated carbocycles. The first kappa shape index (κ1) is 15.0. The van der Waals surface area contributed by atoms with Gasteiger partial charge in [0, 0.05) is 11.6 Å². The molecule has 4 rings (SSSR count). The summed E-state index contributed by atoms with van der Waals surface area (Å²) in [5.41, 5.74) is 3.19. The number of carbonyl (C=O) groups excluding carboxylic acids is 1. The van der Waals surface area contributed by atoms with Crippen molar-refractivity contribution in [2.45, 2.75) is 6.92 Å². The van der Waals surface area contributed by atoms with Crippen LogP contribution in [0.2, 0.25) is 0 Å². The van der Waals surface area contributed by atoms with Crippen molar-refractivity contribution in [2.24, 2.45) is 0 Å². The summed E-state index contributed by atoms with van der Waals surface area (Å²) in [6, 6.07) is 18.9. The number of aryl methyl sites for hydroxylation is 1. The lowest BCUT2D eigenvalue weighted by atomic mass is 10.2. The third-order valence-corrected chi connectivity index (χ3v) is 3.88. The van der Waals surface area contributed by atoms with Crippen molar-refractivity contribution in [1.29, 1.82) is 0 Å².